The standard InChI is InChI=1S/C18H20FN3O3S/c1-13-12-20-10-11-22(13)18(23)14-2-6-16(7-3-14)21-26(24,25)17-8-4-15(19)5-9-17/h2-9,13,20-21H,10-12H2,1H3. The van der Waals surface area contributed by atoms with E-state index in [9.17, 15) is 17.6 Å². The normalized spacial score (nSPS) is 17.8. The molecule has 1 aliphatic heterocycles. The Kier molecular flexibility index (Phi) is 5.24. The van der Waals surface area contributed by atoms with E-state index in [1.165, 1.54) is 12.1 Å². The zero-order valence-electron chi connectivity index (χ0n) is 14.3. The molecule has 0 aliphatic carbocycles. The molecule has 1 aliphatic rings. The van der Waals surface area contributed by atoms with Gasteiger partial charge in [-0.3, -0.25) is 9.52 Å². The average molecular weight is 377 g/mol. The van der Waals surface area contributed by atoms with Crippen LogP contribution in [0.1, 0.15) is 17.3 Å². The SMILES string of the molecule is CC1CNCCN1C(=O)c1ccc(NS(=O)(=O)c2ccc(F)cc2)cc1. The van der Waals surface area contributed by atoms with Crippen LogP contribution in [0.2, 0.25) is 0 Å². The first-order valence-corrected chi connectivity index (χ1v) is 9.75. The summed E-state index contributed by atoms with van der Waals surface area (Å²) >= 11 is 0. The molecule has 0 spiro atoms. The molecule has 0 aromatic heterocycles. The fourth-order valence-corrected chi connectivity index (χ4v) is 3.88. The number of nitrogens with zero attached hydrogens (tertiary/aromatic N) is 1. The molecule has 0 saturated carbocycles. The maximum Gasteiger partial charge on any atom is 0.261 e. The Morgan fingerprint density at radius 3 is 2.42 bits per heavy atom. The maximum atomic E-state index is 12.9. The van der Waals surface area contributed by atoms with Gasteiger partial charge in [0.05, 0.1) is 4.90 Å². The lowest BCUT2D eigenvalue weighted by Gasteiger charge is -2.34. The van der Waals surface area contributed by atoms with Crippen molar-refractivity contribution in [1.29, 1.82) is 0 Å². The molecule has 1 fully saturated rings. The highest BCUT2D eigenvalue weighted by Crippen LogP contribution is 2.18. The van der Waals surface area contributed by atoms with Crippen LogP contribution in [-0.2, 0) is 10.0 Å². The predicted octanol–water partition coefficient (Wildman–Crippen LogP) is 2.06. The van der Waals surface area contributed by atoms with Crippen LogP contribution >= 0.6 is 0 Å². The maximum absolute atomic E-state index is 12.9. The van der Waals surface area contributed by atoms with E-state index in [2.05, 4.69) is 10.0 Å². The quantitative estimate of drug-likeness (QED) is 0.855. The zero-order valence-corrected chi connectivity index (χ0v) is 15.1. The van der Waals surface area contributed by atoms with Gasteiger partial charge in [-0.25, -0.2) is 12.8 Å². The number of amides is 1. The summed E-state index contributed by atoms with van der Waals surface area (Å²) in [7, 11) is -3.81. The van der Waals surface area contributed by atoms with Crippen molar-refractivity contribution in [2.45, 2.75) is 17.9 Å². The number of rotatable bonds is 4. The largest absolute Gasteiger partial charge is 0.333 e. The number of sulfonamides is 1. The molecule has 3 rings (SSSR count). The van der Waals surface area contributed by atoms with Crippen molar-refractivity contribution in [2.75, 3.05) is 24.4 Å². The highest BCUT2D eigenvalue weighted by Gasteiger charge is 2.24. The van der Waals surface area contributed by atoms with Crippen LogP contribution in [0.5, 0.6) is 0 Å². The Morgan fingerprint density at radius 1 is 1.15 bits per heavy atom. The number of anilines is 1. The number of piperazine rings is 1. The lowest BCUT2D eigenvalue weighted by molar-refractivity contribution is 0.0656. The van der Waals surface area contributed by atoms with Crippen molar-refractivity contribution in [1.82, 2.24) is 10.2 Å². The van der Waals surface area contributed by atoms with Crippen molar-refractivity contribution in [3.05, 3.63) is 59.9 Å². The molecule has 1 heterocycles. The van der Waals surface area contributed by atoms with E-state index >= 15 is 0 Å². The van der Waals surface area contributed by atoms with Gasteiger partial charge in [-0.2, -0.15) is 0 Å². The topological polar surface area (TPSA) is 78.5 Å². The van der Waals surface area contributed by atoms with Gasteiger partial charge in [-0.15, -0.1) is 0 Å². The number of carbonyl (C=O) groups excluding carboxylic acids is 1. The van der Waals surface area contributed by atoms with E-state index in [0.717, 1.165) is 25.2 Å². The van der Waals surface area contributed by atoms with E-state index in [4.69, 9.17) is 0 Å². The second-order valence-electron chi connectivity index (χ2n) is 6.19. The Balaban J connectivity index is 1.73. The second kappa shape index (κ2) is 7.43. The van der Waals surface area contributed by atoms with Gasteiger partial charge in [0.1, 0.15) is 5.82 Å². The molecular formula is C18H20FN3O3S. The molecule has 1 saturated heterocycles. The summed E-state index contributed by atoms with van der Waals surface area (Å²) < 4.78 is 40.0. The second-order valence-corrected chi connectivity index (χ2v) is 7.87. The molecule has 2 N–H and O–H groups in total. The zero-order chi connectivity index (χ0) is 18.7. The van der Waals surface area contributed by atoms with Crippen LogP contribution in [0, 0.1) is 5.82 Å². The molecule has 2 aromatic rings. The Hall–Kier alpha value is -2.45. The molecule has 6 nitrogen and oxygen atoms in total. The van der Waals surface area contributed by atoms with Crippen LogP contribution < -0.4 is 10.0 Å². The minimum Gasteiger partial charge on any atom is -0.333 e. The highest BCUT2D eigenvalue weighted by atomic mass is 32.2. The van der Waals surface area contributed by atoms with E-state index in [-0.39, 0.29) is 16.8 Å². The third kappa shape index (κ3) is 4.03. The molecule has 1 atom stereocenters. The lowest BCUT2D eigenvalue weighted by Crippen LogP contribution is -2.52. The summed E-state index contributed by atoms with van der Waals surface area (Å²) in [4.78, 5) is 14.4. The van der Waals surface area contributed by atoms with Crippen LogP contribution in [0.4, 0.5) is 10.1 Å². The predicted molar refractivity (Wildman–Crippen MR) is 97.0 cm³/mol. The summed E-state index contributed by atoms with van der Waals surface area (Å²) in [6.07, 6.45) is 0. The van der Waals surface area contributed by atoms with Gasteiger partial charge < -0.3 is 10.2 Å². The molecule has 138 valence electrons. The number of hydrogen-bond acceptors (Lipinski definition) is 4. The first-order chi connectivity index (χ1) is 12.4. The van der Waals surface area contributed by atoms with Crippen molar-refractivity contribution < 1.29 is 17.6 Å². The van der Waals surface area contributed by atoms with Gasteiger partial charge in [0.2, 0.25) is 0 Å². The average Bonchev–Trinajstić information content (AvgIpc) is 2.62. The minimum absolute atomic E-state index is 0.0336. The number of benzene rings is 2. The van der Waals surface area contributed by atoms with Gasteiger partial charge in [0.25, 0.3) is 15.9 Å². The number of halogens is 1. The summed E-state index contributed by atoms with van der Waals surface area (Å²) in [5.74, 6) is -0.583. The molecular weight excluding hydrogens is 357 g/mol. The molecule has 1 unspecified atom stereocenters. The first kappa shape index (κ1) is 18.3. The van der Waals surface area contributed by atoms with Crippen molar-refractivity contribution in [3.8, 4) is 0 Å². The van der Waals surface area contributed by atoms with Crippen molar-refractivity contribution in [2.24, 2.45) is 0 Å². The Bertz CT molecular complexity index is 883. The molecule has 26 heavy (non-hydrogen) atoms. The van der Waals surface area contributed by atoms with Gasteiger partial charge in [0.15, 0.2) is 0 Å². The third-order valence-electron chi connectivity index (χ3n) is 4.27. The van der Waals surface area contributed by atoms with Crippen LogP contribution in [0.25, 0.3) is 0 Å². The van der Waals surface area contributed by atoms with Crippen LogP contribution in [0.3, 0.4) is 0 Å². The van der Waals surface area contributed by atoms with Crippen LogP contribution in [-0.4, -0.2) is 44.9 Å². The summed E-state index contributed by atoms with van der Waals surface area (Å²) in [5.41, 5.74) is 0.836. The van der Waals surface area contributed by atoms with Gasteiger partial charge in [0, 0.05) is 36.9 Å². The summed E-state index contributed by atoms with van der Waals surface area (Å²) in [5, 5.41) is 3.23. The third-order valence-corrected chi connectivity index (χ3v) is 5.67. The minimum atomic E-state index is -3.81. The van der Waals surface area contributed by atoms with Crippen LogP contribution in [0.15, 0.2) is 53.4 Å². The van der Waals surface area contributed by atoms with Gasteiger partial charge >= 0.3 is 0 Å². The lowest BCUT2D eigenvalue weighted by atomic mass is 10.1. The van der Waals surface area contributed by atoms with E-state index < -0.39 is 15.8 Å². The summed E-state index contributed by atoms with van der Waals surface area (Å²) in [6, 6.07) is 11.0. The smallest absolute Gasteiger partial charge is 0.261 e. The number of nitrogens with one attached hydrogen (secondary N) is 2. The Morgan fingerprint density at radius 2 is 1.81 bits per heavy atom. The molecule has 0 radical (unpaired) electrons. The molecule has 2 aromatic carbocycles. The van der Waals surface area contributed by atoms with Gasteiger partial charge in [-0.05, 0) is 55.5 Å². The first-order valence-electron chi connectivity index (χ1n) is 8.27. The Labute approximate surface area is 152 Å². The molecule has 0 bridgehead atoms. The van der Waals surface area contributed by atoms with E-state index in [0.29, 0.717) is 17.8 Å². The van der Waals surface area contributed by atoms with Crippen molar-refractivity contribution in [3.63, 3.8) is 0 Å². The van der Waals surface area contributed by atoms with Crippen molar-refractivity contribution >= 4 is 21.6 Å². The molecule has 1 amide bonds. The number of hydrogen-bond donors (Lipinski definition) is 2. The fourth-order valence-electron chi connectivity index (χ4n) is 2.82. The van der Waals surface area contributed by atoms with Gasteiger partial charge in [-0.1, -0.05) is 0 Å². The summed E-state index contributed by atoms with van der Waals surface area (Å²) in [6.45, 7) is 4.13. The fraction of sp³-hybridized carbons (Fsp3) is 0.278. The highest BCUT2D eigenvalue weighted by molar-refractivity contribution is 7.92. The van der Waals surface area contributed by atoms with E-state index in [1.807, 2.05) is 6.92 Å². The van der Waals surface area contributed by atoms with E-state index in [1.54, 1.807) is 29.2 Å². The molecule has 8 heteroatoms. The number of carbonyl (C=O) groups is 1. The monoisotopic (exact) mass is 377 g/mol.